The van der Waals surface area contributed by atoms with Gasteiger partial charge in [-0.15, -0.1) is 0 Å². The zero-order chi connectivity index (χ0) is 10.9. The lowest BCUT2D eigenvalue weighted by molar-refractivity contribution is 0.703. The average Bonchev–Trinajstić information content (AvgIpc) is 1.82. The third kappa shape index (κ3) is 2.97. The van der Waals surface area contributed by atoms with Crippen LogP contribution in [-0.4, -0.2) is 22.2 Å². The molecule has 0 aromatic rings. The molecule has 0 bridgehead atoms. The predicted octanol–water partition coefficient (Wildman–Crippen LogP) is 3.99. The molecule has 0 aromatic heterocycles. The van der Waals surface area contributed by atoms with Crippen molar-refractivity contribution in [2.45, 2.75) is 51.9 Å². The van der Waals surface area contributed by atoms with E-state index < -0.39 is 6.04 Å². The van der Waals surface area contributed by atoms with E-state index >= 15 is 0 Å². The van der Waals surface area contributed by atoms with Gasteiger partial charge in [0.2, 0.25) is 0 Å². The Morgan fingerprint density at radius 1 is 1.00 bits per heavy atom. The second-order valence-corrected chi connectivity index (χ2v) is 12.5. The SMILES string of the molecule is CC(C)(C)P(=S)(CCS)C(C)(C)C. The highest BCUT2D eigenvalue weighted by Crippen LogP contribution is 2.66. The highest BCUT2D eigenvalue weighted by Gasteiger charge is 2.40. The van der Waals surface area contributed by atoms with Gasteiger partial charge in [0, 0.05) is 0 Å². The van der Waals surface area contributed by atoms with Gasteiger partial charge in [-0.05, 0) is 28.3 Å². The number of hydrogen-bond donors (Lipinski definition) is 1. The van der Waals surface area contributed by atoms with Crippen LogP contribution < -0.4 is 0 Å². The van der Waals surface area contributed by atoms with Crippen molar-refractivity contribution in [2.75, 3.05) is 11.9 Å². The predicted molar refractivity (Wildman–Crippen MR) is 72.5 cm³/mol. The average molecular weight is 238 g/mol. The van der Waals surface area contributed by atoms with E-state index in [1.54, 1.807) is 0 Å². The second kappa shape index (κ2) is 4.24. The van der Waals surface area contributed by atoms with Gasteiger partial charge in [0.25, 0.3) is 0 Å². The summed E-state index contributed by atoms with van der Waals surface area (Å²) in [6, 6.07) is -1.33. The summed E-state index contributed by atoms with van der Waals surface area (Å²) in [6.07, 6.45) is 1.11. The minimum atomic E-state index is -1.33. The number of rotatable bonds is 2. The molecule has 0 unspecified atom stereocenters. The third-order valence-electron chi connectivity index (χ3n) is 2.58. The van der Waals surface area contributed by atoms with Crippen molar-refractivity contribution in [3.63, 3.8) is 0 Å². The molecule has 3 heteroatoms. The molecule has 0 rings (SSSR count). The molecular weight excluding hydrogens is 215 g/mol. The van der Waals surface area contributed by atoms with E-state index in [1.165, 1.54) is 0 Å². The molecular formula is C10H23PS2. The Morgan fingerprint density at radius 3 is 1.38 bits per heavy atom. The molecule has 0 amide bonds. The van der Waals surface area contributed by atoms with Crippen LogP contribution in [0.1, 0.15) is 41.5 Å². The molecule has 80 valence electrons. The van der Waals surface area contributed by atoms with Crippen molar-refractivity contribution in [1.29, 1.82) is 0 Å². The highest BCUT2D eigenvalue weighted by atomic mass is 32.4. The number of hydrogen-bond acceptors (Lipinski definition) is 2. The van der Waals surface area contributed by atoms with Gasteiger partial charge in [-0.25, -0.2) is 0 Å². The van der Waals surface area contributed by atoms with Crippen LogP contribution in [0.15, 0.2) is 0 Å². The van der Waals surface area contributed by atoms with Gasteiger partial charge < -0.3 is 0 Å². The molecule has 0 saturated heterocycles. The third-order valence-corrected chi connectivity index (χ3v) is 12.2. The topological polar surface area (TPSA) is 0 Å². The van der Waals surface area contributed by atoms with Crippen molar-refractivity contribution in [3.05, 3.63) is 0 Å². The smallest absolute Gasteiger partial charge is 0.00509 e. The summed E-state index contributed by atoms with van der Waals surface area (Å²) >= 11 is 10.3. The van der Waals surface area contributed by atoms with E-state index in [4.69, 9.17) is 11.8 Å². The lowest BCUT2D eigenvalue weighted by atomic mass is 10.2. The quantitative estimate of drug-likeness (QED) is 0.560. The minimum absolute atomic E-state index is 0.267. The summed E-state index contributed by atoms with van der Waals surface area (Å²) in [5.41, 5.74) is 0. The molecule has 0 N–H and O–H groups in total. The van der Waals surface area contributed by atoms with Gasteiger partial charge in [-0.2, -0.15) is 12.6 Å². The first kappa shape index (κ1) is 14.0. The Balaban J connectivity index is 5.10. The summed E-state index contributed by atoms with van der Waals surface area (Å²) in [5, 5.41) is 0.534. The first-order valence-corrected chi connectivity index (χ1v) is 8.38. The molecule has 0 radical (unpaired) electrons. The monoisotopic (exact) mass is 238 g/mol. The van der Waals surface area contributed by atoms with E-state index in [2.05, 4.69) is 54.2 Å². The van der Waals surface area contributed by atoms with Crippen LogP contribution in [-0.2, 0) is 11.8 Å². The fraction of sp³-hybridized carbons (Fsp3) is 1.00. The van der Waals surface area contributed by atoms with Crippen LogP contribution in [0, 0.1) is 0 Å². The van der Waals surface area contributed by atoms with E-state index in [0.717, 1.165) is 11.9 Å². The van der Waals surface area contributed by atoms with Gasteiger partial charge in [-0.3, -0.25) is 0 Å². The van der Waals surface area contributed by atoms with Crippen LogP contribution in [0.25, 0.3) is 0 Å². The molecule has 0 saturated carbocycles. The Hall–Kier alpha value is 1.00. The maximum atomic E-state index is 5.94. The fourth-order valence-corrected chi connectivity index (χ4v) is 7.03. The van der Waals surface area contributed by atoms with Crippen LogP contribution in [0.4, 0.5) is 0 Å². The fourth-order valence-electron chi connectivity index (χ4n) is 1.82. The standard InChI is InChI=1S/C10H23PS2/c1-9(2,3)11(13,7-8-12)10(4,5)6/h12H,7-8H2,1-6H3. The van der Waals surface area contributed by atoms with Gasteiger partial charge in [0.05, 0.1) is 0 Å². The van der Waals surface area contributed by atoms with Gasteiger partial charge in [0.1, 0.15) is 0 Å². The van der Waals surface area contributed by atoms with Gasteiger partial charge >= 0.3 is 0 Å². The van der Waals surface area contributed by atoms with E-state index in [-0.39, 0.29) is 10.3 Å². The van der Waals surface area contributed by atoms with E-state index in [1.807, 2.05) is 0 Å². The highest BCUT2D eigenvalue weighted by molar-refractivity contribution is 8.16. The maximum absolute atomic E-state index is 5.94. The normalized spacial score (nSPS) is 14.7. The molecule has 0 aromatic carbocycles. The summed E-state index contributed by atoms with van der Waals surface area (Å²) in [5.74, 6) is 0.922. The molecule has 0 aliphatic heterocycles. The van der Waals surface area contributed by atoms with Crippen molar-refractivity contribution < 1.29 is 0 Å². The van der Waals surface area contributed by atoms with Crippen molar-refractivity contribution in [1.82, 2.24) is 0 Å². The van der Waals surface area contributed by atoms with Gasteiger partial charge in [-0.1, -0.05) is 53.3 Å². The molecule has 0 spiro atoms. The second-order valence-electron chi connectivity index (χ2n) is 5.53. The summed E-state index contributed by atoms with van der Waals surface area (Å²) in [7, 11) is 0. The lowest BCUT2D eigenvalue weighted by Gasteiger charge is -2.45. The minimum Gasteiger partial charge on any atom is -0.179 e. The Morgan fingerprint density at radius 2 is 1.31 bits per heavy atom. The van der Waals surface area contributed by atoms with Crippen molar-refractivity contribution >= 4 is 30.5 Å². The molecule has 0 aliphatic carbocycles. The molecule has 13 heavy (non-hydrogen) atoms. The maximum Gasteiger partial charge on any atom is -0.00509 e. The zero-order valence-corrected chi connectivity index (χ0v) is 12.3. The first-order chi connectivity index (χ1) is 5.56. The zero-order valence-electron chi connectivity index (χ0n) is 9.72. The molecule has 0 atom stereocenters. The Kier molecular flexibility index (Phi) is 4.57. The number of thiol groups is 1. The van der Waals surface area contributed by atoms with Crippen LogP contribution in [0.3, 0.4) is 0 Å². The summed E-state index contributed by atoms with van der Waals surface area (Å²) < 4.78 is 0. The Labute approximate surface area is 94.3 Å². The lowest BCUT2D eigenvalue weighted by Crippen LogP contribution is -2.30. The van der Waals surface area contributed by atoms with Crippen LogP contribution in [0.2, 0.25) is 0 Å². The van der Waals surface area contributed by atoms with Crippen LogP contribution in [0.5, 0.6) is 0 Å². The molecule has 0 nitrogen and oxygen atoms in total. The Bertz CT molecular complexity index is 190. The molecule has 0 aliphatic rings. The summed E-state index contributed by atoms with van der Waals surface area (Å²) in [4.78, 5) is 0. The molecule has 0 heterocycles. The van der Waals surface area contributed by atoms with Gasteiger partial charge in [0.15, 0.2) is 0 Å². The van der Waals surface area contributed by atoms with Crippen molar-refractivity contribution in [3.8, 4) is 0 Å². The van der Waals surface area contributed by atoms with E-state index in [9.17, 15) is 0 Å². The van der Waals surface area contributed by atoms with Crippen LogP contribution >= 0.6 is 18.7 Å². The molecule has 0 fully saturated rings. The summed E-state index contributed by atoms with van der Waals surface area (Å²) in [6.45, 7) is 13.7. The largest absolute Gasteiger partial charge is 0.179 e. The van der Waals surface area contributed by atoms with Crippen molar-refractivity contribution in [2.24, 2.45) is 0 Å². The van der Waals surface area contributed by atoms with E-state index in [0.29, 0.717) is 0 Å². The first-order valence-electron chi connectivity index (χ1n) is 4.76.